The molecule has 4 atom stereocenters. The van der Waals surface area contributed by atoms with Crippen molar-refractivity contribution in [3.63, 3.8) is 0 Å². The van der Waals surface area contributed by atoms with E-state index >= 15 is 0 Å². The van der Waals surface area contributed by atoms with Gasteiger partial charge in [-0.1, -0.05) is 42.5 Å². The van der Waals surface area contributed by atoms with Gasteiger partial charge in [0.1, 0.15) is 5.92 Å². The number of rotatable bonds is 8. The van der Waals surface area contributed by atoms with E-state index in [1.807, 2.05) is 30.4 Å². The molecule has 5 heteroatoms. The fraction of sp³-hybridized carbons (Fsp3) is 0.500. The third-order valence-electron chi connectivity index (χ3n) is 4.80. The van der Waals surface area contributed by atoms with Gasteiger partial charge in [-0.05, 0) is 31.7 Å². The summed E-state index contributed by atoms with van der Waals surface area (Å²) in [5, 5.41) is 2.96. The highest BCUT2D eigenvalue weighted by Gasteiger charge is 2.53. The van der Waals surface area contributed by atoms with Crippen LogP contribution < -0.4 is 5.32 Å². The van der Waals surface area contributed by atoms with E-state index in [1.165, 1.54) is 5.56 Å². The van der Waals surface area contributed by atoms with Crippen LogP contribution in [0.25, 0.3) is 0 Å². The molecule has 0 saturated carbocycles. The van der Waals surface area contributed by atoms with E-state index in [-0.39, 0.29) is 24.1 Å². The van der Waals surface area contributed by atoms with E-state index in [0.717, 1.165) is 19.3 Å². The van der Waals surface area contributed by atoms with Crippen molar-refractivity contribution in [3.05, 3.63) is 48.0 Å². The van der Waals surface area contributed by atoms with Gasteiger partial charge in [-0.15, -0.1) is 0 Å². The zero-order valence-electron chi connectivity index (χ0n) is 14.5. The van der Waals surface area contributed by atoms with E-state index in [1.54, 1.807) is 6.92 Å². The second-order valence-corrected chi connectivity index (χ2v) is 6.49. The second-order valence-electron chi connectivity index (χ2n) is 6.49. The predicted octanol–water partition coefficient (Wildman–Crippen LogP) is 2.26. The minimum atomic E-state index is -0.528. The zero-order valence-corrected chi connectivity index (χ0v) is 14.5. The molecule has 0 aliphatic carbocycles. The Morgan fingerprint density at radius 1 is 1.08 bits per heavy atom. The van der Waals surface area contributed by atoms with Gasteiger partial charge in [0.15, 0.2) is 0 Å². The topological polar surface area (TPSA) is 64.6 Å². The van der Waals surface area contributed by atoms with Gasteiger partial charge < -0.3 is 14.8 Å². The first-order valence-electron chi connectivity index (χ1n) is 9.02. The average molecular weight is 343 g/mol. The molecule has 1 aromatic carbocycles. The van der Waals surface area contributed by atoms with Gasteiger partial charge >= 0.3 is 5.97 Å². The van der Waals surface area contributed by atoms with Gasteiger partial charge in [0.2, 0.25) is 5.91 Å². The fourth-order valence-electron chi connectivity index (χ4n) is 3.57. The largest absolute Gasteiger partial charge is 0.466 e. The number of esters is 1. The molecule has 2 aliphatic rings. The Labute approximate surface area is 148 Å². The Balaban J connectivity index is 1.45. The van der Waals surface area contributed by atoms with Crippen molar-refractivity contribution in [1.29, 1.82) is 0 Å². The van der Waals surface area contributed by atoms with E-state index < -0.39 is 11.8 Å². The SMILES string of the molecule is CCOC(=O)C1C2C=CC(O2)C1C(=O)NCCCCc1ccccc1. The summed E-state index contributed by atoms with van der Waals surface area (Å²) in [6.07, 6.45) is 6.00. The van der Waals surface area contributed by atoms with Crippen LogP contribution in [0.2, 0.25) is 0 Å². The fourth-order valence-corrected chi connectivity index (χ4v) is 3.57. The van der Waals surface area contributed by atoms with Gasteiger partial charge in [-0.3, -0.25) is 9.59 Å². The molecule has 1 N–H and O–H groups in total. The second kappa shape index (κ2) is 8.30. The van der Waals surface area contributed by atoms with Crippen LogP contribution in [0.1, 0.15) is 25.3 Å². The number of carbonyl (C=O) groups is 2. The summed E-state index contributed by atoms with van der Waals surface area (Å²) >= 11 is 0. The monoisotopic (exact) mass is 343 g/mol. The lowest BCUT2D eigenvalue weighted by Crippen LogP contribution is -2.43. The summed E-state index contributed by atoms with van der Waals surface area (Å²) in [5.41, 5.74) is 1.31. The van der Waals surface area contributed by atoms with Crippen LogP contribution in [0.15, 0.2) is 42.5 Å². The van der Waals surface area contributed by atoms with Gasteiger partial charge in [0, 0.05) is 6.54 Å². The average Bonchev–Trinajstić information content (AvgIpc) is 3.23. The molecule has 0 aromatic heterocycles. The number of unbranched alkanes of at least 4 members (excludes halogenated alkanes) is 1. The van der Waals surface area contributed by atoms with Crippen molar-refractivity contribution in [2.75, 3.05) is 13.2 Å². The molecule has 4 unspecified atom stereocenters. The van der Waals surface area contributed by atoms with Gasteiger partial charge in [0.05, 0.1) is 24.7 Å². The highest BCUT2D eigenvalue weighted by Crippen LogP contribution is 2.39. The Bertz CT molecular complexity index is 628. The first-order valence-corrected chi connectivity index (χ1v) is 9.02. The van der Waals surface area contributed by atoms with Crippen LogP contribution in [0, 0.1) is 11.8 Å². The summed E-state index contributed by atoms with van der Waals surface area (Å²) in [6.45, 7) is 2.69. The maximum Gasteiger partial charge on any atom is 0.312 e. The molecule has 1 amide bonds. The van der Waals surface area contributed by atoms with Gasteiger partial charge in [-0.25, -0.2) is 0 Å². The van der Waals surface area contributed by atoms with E-state index in [9.17, 15) is 9.59 Å². The number of nitrogens with one attached hydrogen (secondary N) is 1. The molecule has 2 heterocycles. The third kappa shape index (κ3) is 4.10. The number of benzene rings is 1. The molecular formula is C20H25NO4. The van der Waals surface area contributed by atoms with Crippen molar-refractivity contribution in [1.82, 2.24) is 5.32 Å². The molecule has 1 fully saturated rings. The van der Waals surface area contributed by atoms with Gasteiger partial charge in [0.25, 0.3) is 0 Å². The summed E-state index contributed by atoms with van der Waals surface area (Å²) in [6, 6.07) is 10.3. The van der Waals surface area contributed by atoms with Crippen molar-refractivity contribution in [2.45, 2.75) is 38.4 Å². The molecular weight excluding hydrogens is 318 g/mol. The van der Waals surface area contributed by atoms with Crippen LogP contribution in [0.4, 0.5) is 0 Å². The molecule has 5 nitrogen and oxygen atoms in total. The molecule has 2 bridgehead atoms. The Kier molecular flexibility index (Phi) is 5.87. The number of ether oxygens (including phenoxy) is 2. The van der Waals surface area contributed by atoms with Crippen molar-refractivity contribution >= 4 is 11.9 Å². The number of aryl methyl sites for hydroxylation is 1. The minimum Gasteiger partial charge on any atom is -0.466 e. The maximum absolute atomic E-state index is 12.6. The zero-order chi connectivity index (χ0) is 17.6. The lowest BCUT2D eigenvalue weighted by molar-refractivity contribution is -0.152. The number of carbonyl (C=O) groups excluding carboxylic acids is 2. The maximum atomic E-state index is 12.6. The number of amides is 1. The predicted molar refractivity (Wildman–Crippen MR) is 93.8 cm³/mol. The summed E-state index contributed by atoms with van der Waals surface area (Å²) in [7, 11) is 0. The van der Waals surface area contributed by atoms with E-state index in [0.29, 0.717) is 13.2 Å². The molecule has 0 spiro atoms. The van der Waals surface area contributed by atoms with Gasteiger partial charge in [-0.2, -0.15) is 0 Å². The Morgan fingerprint density at radius 2 is 1.80 bits per heavy atom. The summed E-state index contributed by atoms with van der Waals surface area (Å²) in [4.78, 5) is 24.7. The standard InChI is InChI=1S/C20H25NO4/c1-2-24-20(23)18-16-12-11-15(25-16)17(18)19(22)21-13-7-6-10-14-8-4-3-5-9-14/h3-5,8-9,11-12,15-18H,2,6-7,10,13H2,1H3,(H,21,22). The molecule has 1 saturated heterocycles. The number of hydrogen-bond acceptors (Lipinski definition) is 4. The molecule has 3 rings (SSSR count). The lowest BCUT2D eigenvalue weighted by Gasteiger charge is -2.22. The van der Waals surface area contributed by atoms with E-state index in [4.69, 9.17) is 9.47 Å². The first kappa shape index (κ1) is 17.7. The first-order chi connectivity index (χ1) is 12.2. The van der Waals surface area contributed by atoms with Crippen molar-refractivity contribution in [2.24, 2.45) is 11.8 Å². The highest BCUT2D eigenvalue weighted by molar-refractivity contribution is 5.88. The Morgan fingerprint density at radius 3 is 2.52 bits per heavy atom. The normalized spacial score (nSPS) is 26.6. The van der Waals surface area contributed by atoms with Crippen molar-refractivity contribution in [3.8, 4) is 0 Å². The summed E-state index contributed by atoms with van der Waals surface area (Å²) in [5.74, 6) is -1.47. The molecule has 134 valence electrons. The van der Waals surface area contributed by atoms with E-state index in [2.05, 4.69) is 17.4 Å². The van der Waals surface area contributed by atoms with Crippen LogP contribution >= 0.6 is 0 Å². The van der Waals surface area contributed by atoms with Crippen LogP contribution in [0.5, 0.6) is 0 Å². The third-order valence-corrected chi connectivity index (χ3v) is 4.80. The quantitative estimate of drug-likeness (QED) is 0.447. The van der Waals surface area contributed by atoms with Crippen molar-refractivity contribution < 1.29 is 19.1 Å². The van der Waals surface area contributed by atoms with Crippen LogP contribution in [0.3, 0.4) is 0 Å². The molecule has 1 aromatic rings. The summed E-state index contributed by atoms with van der Waals surface area (Å²) < 4.78 is 10.8. The molecule has 2 aliphatic heterocycles. The number of hydrogen-bond donors (Lipinski definition) is 1. The minimum absolute atomic E-state index is 0.116. The Hall–Kier alpha value is -2.14. The molecule has 25 heavy (non-hydrogen) atoms. The van der Waals surface area contributed by atoms with Crippen LogP contribution in [-0.2, 0) is 25.5 Å². The highest BCUT2D eigenvalue weighted by atomic mass is 16.5. The molecule has 0 radical (unpaired) electrons. The lowest BCUT2D eigenvalue weighted by atomic mass is 9.82. The number of fused-ring (bicyclic) bond motifs is 2. The smallest absolute Gasteiger partial charge is 0.312 e. The van der Waals surface area contributed by atoms with Crippen LogP contribution in [-0.4, -0.2) is 37.2 Å².